The maximum atomic E-state index is 12.9. The molecule has 3 heterocycles. The van der Waals surface area contributed by atoms with Crippen molar-refractivity contribution in [3.05, 3.63) is 59.0 Å². The Hall–Kier alpha value is -2.75. The van der Waals surface area contributed by atoms with Crippen LogP contribution >= 0.6 is 11.8 Å². The molecule has 1 aliphatic heterocycles. The summed E-state index contributed by atoms with van der Waals surface area (Å²) in [6.45, 7) is 3.60. The van der Waals surface area contributed by atoms with Gasteiger partial charge in [-0.3, -0.25) is 4.79 Å². The molecule has 30 heavy (non-hydrogen) atoms. The molecule has 0 radical (unpaired) electrons. The Labute approximate surface area is 175 Å². The monoisotopic (exact) mass is 435 g/mol. The van der Waals surface area contributed by atoms with E-state index in [0.717, 1.165) is 53.8 Å². The quantitative estimate of drug-likeness (QED) is 0.679. The fourth-order valence-electron chi connectivity index (χ4n) is 3.34. The second kappa shape index (κ2) is 8.17. The number of anilines is 1. The normalized spacial score (nSPS) is 14.9. The first-order valence-electron chi connectivity index (χ1n) is 9.45. The van der Waals surface area contributed by atoms with Gasteiger partial charge in [0, 0.05) is 37.2 Å². The van der Waals surface area contributed by atoms with E-state index in [0.29, 0.717) is 5.56 Å². The van der Waals surface area contributed by atoms with Gasteiger partial charge in [0.15, 0.2) is 11.5 Å². The Bertz CT molecular complexity index is 1080. The predicted octanol–water partition coefficient (Wildman–Crippen LogP) is 3.54. The molecular formula is C20H20F3N5OS. The zero-order chi connectivity index (χ0) is 21.3. The third kappa shape index (κ3) is 4.38. The molecule has 1 saturated heterocycles. The summed E-state index contributed by atoms with van der Waals surface area (Å²) in [5.41, 5.74) is 1.34. The molecule has 3 aromatic rings. The Morgan fingerprint density at radius 1 is 1.23 bits per heavy atom. The molecule has 0 spiro atoms. The predicted molar refractivity (Wildman–Crippen MR) is 110 cm³/mol. The van der Waals surface area contributed by atoms with Crippen molar-refractivity contribution >= 4 is 29.0 Å². The number of aromatic nitrogens is 3. The van der Waals surface area contributed by atoms with Crippen molar-refractivity contribution in [3.63, 3.8) is 0 Å². The lowest BCUT2D eigenvalue weighted by Crippen LogP contribution is -2.33. The minimum Gasteiger partial charge on any atom is -0.353 e. The van der Waals surface area contributed by atoms with Gasteiger partial charge in [-0.1, -0.05) is 12.1 Å². The first-order chi connectivity index (χ1) is 14.3. The van der Waals surface area contributed by atoms with Gasteiger partial charge in [-0.15, -0.1) is 0 Å². The lowest BCUT2D eigenvalue weighted by Gasteiger charge is -2.28. The molecule has 0 atom stereocenters. The van der Waals surface area contributed by atoms with Crippen molar-refractivity contribution in [1.82, 2.24) is 19.9 Å². The molecule has 1 N–H and O–H groups in total. The second-order valence-electron chi connectivity index (χ2n) is 7.05. The maximum absolute atomic E-state index is 12.9. The lowest BCUT2D eigenvalue weighted by molar-refractivity contribution is -0.137. The van der Waals surface area contributed by atoms with E-state index in [4.69, 9.17) is 0 Å². The van der Waals surface area contributed by atoms with Gasteiger partial charge in [0.25, 0.3) is 5.91 Å². The van der Waals surface area contributed by atoms with Crippen LogP contribution < -0.4 is 10.2 Å². The maximum Gasteiger partial charge on any atom is 0.416 e. The largest absolute Gasteiger partial charge is 0.416 e. The van der Waals surface area contributed by atoms with Crippen molar-refractivity contribution in [2.45, 2.75) is 19.6 Å². The van der Waals surface area contributed by atoms with Crippen LogP contribution in [0.4, 0.5) is 19.0 Å². The van der Waals surface area contributed by atoms with Gasteiger partial charge >= 0.3 is 6.18 Å². The summed E-state index contributed by atoms with van der Waals surface area (Å²) in [6, 6.07) is 6.57. The fourth-order valence-corrected chi connectivity index (χ4v) is 4.24. The van der Waals surface area contributed by atoms with Crippen LogP contribution in [0.1, 0.15) is 27.3 Å². The van der Waals surface area contributed by atoms with Crippen LogP contribution in [0.3, 0.4) is 0 Å². The molecule has 158 valence electrons. The van der Waals surface area contributed by atoms with E-state index in [2.05, 4.69) is 20.3 Å². The summed E-state index contributed by atoms with van der Waals surface area (Å²) < 4.78 is 40.2. The average molecular weight is 435 g/mol. The summed E-state index contributed by atoms with van der Waals surface area (Å²) in [6.07, 6.45) is -2.67. The second-order valence-corrected chi connectivity index (χ2v) is 8.27. The number of alkyl halides is 3. The van der Waals surface area contributed by atoms with Gasteiger partial charge in [0.05, 0.1) is 17.5 Å². The summed E-state index contributed by atoms with van der Waals surface area (Å²) in [5.74, 6) is 2.37. The highest BCUT2D eigenvalue weighted by atomic mass is 32.2. The number of aryl methyl sites for hydroxylation is 1. The molecule has 0 unspecified atom stereocenters. The van der Waals surface area contributed by atoms with Gasteiger partial charge in [0.1, 0.15) is 5.52 Å². The van der Waals surface area contributed by atoms with Crippen LogP contribution in [0.5, 0.6) is 0 Å². The molecule has 1 amide bonds. The van der Waals surface area contributed by atoms with Crippen LogP contribution in [0.25, 0.3) is 5.52 Å². The molecule has 10 heteroatoms. The number of amides is 1. The van der Waals surface area contributed by atoms with Crippen molar-refractivity contribution in [3.8, 4) is 0 Å². The molecule has 1 aliphatic rings. The highest BCUT2D eigenvalue weighted by Crippen LogP contribution is 2.29. The number of hydrogen-bond acceptors (Lipinski definition) is 5. The Morgan fingerprint density at radius 3 is 2.73 bits per heavy atom. The number of fused-ring (bicyclic) bond motifs is 1. The van der Waals surface area contributed by atoms with Crippen LogP contribution in [0, 0.1) is 6.92 Å². The van der Waals surface area contributed by atoms with E-state index in [1.54, 1.807) is 22.8 Å². The van der Waals surface area contributed by atoms with Crippen molar-refractivity contribution in [1.29, 1.82) is 0 Å². The minimum absolute atomic E-state index is 0.0237. The van der Waals surface area contributed by atoms with Crippen LogP contribution in [-0.2, 0) is 12.7 Å². The summed E-state index contributed by atoms with van der Waals surface area (Å²) in [4.78, 5) is 19.4. The number of thioether (sulfide) groups is 1. The smallest absolute Gasteiger partial charge is 0.353 e. The number of nitrogens with one attached hydrogen (secondary N) is 1. The van der Waals surface area contributed by atoms with Crippen molar-refractivity contribution in [2.24, 2.45) is 0 Å². The zero-order valence-corrected chi connectivity index (χ0v) is 17.1. The Morgan fingerprint density at radius 2 is 2.00 bits per heavy atom. The number of carbonyl (C=O) groups is 1. The number of benzene rings is 1. The zero-order valence-electron chi connectivity index (χ0n) is 16.2. The van der Waals surface area contributed by atoms with Gasteiger partial charge < -0.3 is 10.2 Å². The molecule has 4 rings (SSSR count). The van der Waals surface area contributed by atoms with E-state index in [9.17, 15) is 18.0 Å². The highest BCUT2D eigenvalue weighted by molar-refractivity contribution is 7.99. The molecule has 0 aliphatic carbocycles. The van der Waals surface area contributed by atoms with E-state index in [1.165, 1.54) is 6.07 Å². The summed E-state index contributed by atoms with van der Waals surface area (Å²) >= 11 is 1.89. The third-order valence-electron chi connectivity index (χ3n) is 4.81. The minimum atomic E-state index is -4.42. The molecular weight excluding hydrogens is 415 g/mol. The van der Waals surface area contributed by atoms with Crippen molar-refractivity contribution in [2.75, 3.05) is 29.5 Å². The summed E-state index contributed by atoms with van der Waals surface area (Å²) in [5, 5.41) is 7.00. The van der Waals surface area contributed by atoms with E-state index < -0.39 is 17.6 Å². The van der Waals surface area contributed by atoms with Crippen LogP contribution in [0.2, 0.25) is 0 Å². The SMILES string of the molecule is Cc1cn2nc(C(=O)NCc3cccc(C(F)(F)F)c3)cc2c(N2CCSCC2)n1. The van der Waals surface area contributed by atoms with Crippen LogP contribution in [0.15, 0.2) is 36.5 Å². The van der Waals surface area contributed by atoms with Gasteiger partial charge in [-0.2, -0.15) is 30.0 Å². The van der Waals surface area contributed by atoms with Gasteiger partial charge in [-0.25, -0.2) is 9.50 Å². The number of hydrogen-bond donors (Lipinski definition) is 1. The van der Waals surface area contributed by atoms with E-state index in [-0.39, 0.29) is 12.2 Å². The number of nitrogens with zero attached hydrogens (tertiary/aromatic N) is 4. The molecule has 6 nitrogen and oxygen atoms in total. The number of carbonyl (C=O) groups excluding carboxylic acids is 1. The first kappa shape index (κ1) is 20.5. The highest BCUT2D eigenvalue weighted by Gasteiger charge is 2.30. The standard InChI is InChI=1S/C20H20F3N5OS/c1-13-12-28-17(18(25-13)27-5-7-30-8-6-27)10-16(26-28)19(29)24-11-14-3-2-4-15(9-14)20(21,22)23/h2-4,9-10,12H,5-8,11H2,1H3,(H,24,29). The molecule has 1 aromatic carbocycles. The topological polar surface area (TPSA) is 62.5 Å². The number of rotatable bonds is 4. The lowest BCUT2D eigenvalue weighted by atomic mass is 10.1. The molecule has 2 aromatic heterocycles. The van der Waals surface area contributed by atoms with Crippen molar-refractivity contribution < 1.29 is 18.0 Å². The third-order valence-corrected chi connectivity index (χ3v) is 5.75. The summed E-state index contributed by atoms with van der Waals surface area (Å²) in [7, 11) is 0. The fraction of sp³-hybridized carbons (Fsp3) is 0.350. The molecule has 0 bridgehead atoms. The number of halogens is 3. The van der Waals surface area contributed by atoms with E-state index >= 15 is 0 Å². The first-order valence-corrected chi connectivity index (χ1v) is 10.6. The average Bonchev–Trinajstić information content (AvgIpc) is 3.15. The van der Waals surface area contributed by atoms with Gasteiger partial charge in [-0.05, 0) is 24.6 Å². The van der Waals surface area contributed by atoms with Crippen LogP contribution in [-0.4, -0.2) is 45.1 Å². The molecule has 0 saturated carbocycles. The molecule has 1 fully saturated rings. The Kier molecular flexibility index (Phi) is 5.59. The van der Waals surface area contributed by atoms with Gasteiger partial charge in [0.2, 0.25) is 0 Å². The van der Waals surface area contributed by atoms with E-state index in [1.807, 2.05) is 18.7 Å². The Balaban J connectivity index is 1.54.